The van der Waals surface area contributed by atoms with Gasteiger partial charge >= 0.3 is 0 Å². The smallest absolute Gasteiger partial charge is 0.252 e. The van der Waals surface area contributed by atoms with Crippen LogP contribution < -0.4 is 5.73 Å². The third-order valence-electron chi connectivity index (χ3n) is 1.67. The zero-order valence-electron chi connectivity index (χ0n) is 7.07. The van der Waals surface area contributed by atoms with Gasteiger partial charge < -0.3 is 10.8 Å². The highest BCUT2D eigenvalue weighted by molar-refractivity contribution is 5.99. The maximum absolute atomic E-state index is 10.9. The van der Waals surface area contributed by atoms with E-state index >= 15 is 0 Å². The van der Waals surface area contributed by atoms with Crippen molar-refractivity contribution in [2.45, 2.75) is 6.92 Å². The van der Waals surface area contributed by atoms with Crippen LogP contribution in [0.2, 0.25) is 0 Å². The van der Waals surface area contributed by atoms with Gasteiger partial charge in [0.15, 0.2) is 5.78 Å². The van der Waals surface area contributed by atoms with E-state index in [-0.39, 0.29) is 17.1 Å². The summed E-state index contributed by atoms with van der Waals surface area (Å²) in [5, 5.41) is 9.26. The summed E-state index contributed by atoms with van der Waals surface area (Å²) in [6.45, 7) is 1.37. The first-order chi connectivity index (χ1) is 6.02. The monoisotopic (exact) mass is 179 g/mol. The lowest BCUT2D eigenvalue weighted by Gasteiger charge is -2.01. The van der Waals surface area contributed by atoms with Gasteiger partial charge in [0.25, 0.3) is 5.91 Å². The zero-order valence-corrected chi connectivity index (χ0v) is 7.07. The maximum atomic E-state index is 10.9. The van der Waals surface area contributed by atoms with Crippen molar-refractivity contribution in [3.63, 3.8) is 0 Å². The molecule has 0 spiro atoms. The summed E-state index contributed by atoms with van der Waals surface area (Å²) in [5.41, 5.74) is 5.32. The quantitative estimate of drug-likeness (QED) is 0.655. The van der Waals surface area contributed by atoms with Crippen molar-refractivity contribution in [2.75, 3.05) is 0 Å². The Balaban J connectivity index is 3.20. The molecule has 0 saturated carbocycles. The Morgan fingerprint density at radius 1 is 1.38 bits per heavy atom. The summed E-state index contributed by atoms with van der Waals surface area (Å²) in [7, 11) is 0. The second-order valence-electron chi connectivity index (χ2n) is 2.65. The van der Waals surface area contributed by atoms with Gasteiger partial charge in [-0.15, -0.1) is 0 Å². The van der Waals surface area contributed by atoms with E-state index in [1.165, 1.54) is 25.1 Å². The molecule has 0 fully saturated rings. The number of phenols is 1. The number of carbonyl (C=O) groups excluding carboxylic acids is 2. The van der Waals surface area contributed by atoms with Crippen molar-refractivity contribution in [3.05, 3.63) is 29.3 Å². The molecule has 68 valence electrons. The summed E-state index contributed by atoms with van der Waals surface area (Å²) in [5.74, 6) is -1.15. The van der Waals surface area contributed by atoms with E-state index < -0.39 is 5.91 Å². The third-order valence-corrected chi connectivity index (χ3v) is 1.67. The second kappa shape index (κ2) is 3.26. The molecular weight excluding hydrogens is 170 g/mol. The van der Waals surface area contributed by atoms with Crippen LogP contribution in [0.4, 0.5) is 0 Å². The van der Waals surface area contributed by atoms with Crippen LogP contribution in [0.1, 0.15) is 27.6 Å². The topological polar surface area (TPSA) is 80.4 Å². The van der Waals surface area contributed by atoms with Gasteiger partial charge in [0, 0.05) is 5.56 Å². The van der Waals surface area contributed by atoms with E-state index in [1.54, 1.807) is 0 Å². The molecule has 0 saturated heterocycles. The Morgan fingerprint density at radius 3 is 2.38 bits per heavy atom. The van der Waals surface area contributed by atoms with Crippen molar-refractivity contribution in [3.8, 4) is 5.75 Å². The maximum Gasteiger partial charge on any atom is 0.252 e. The van der Waals surface area contributed by atoms with Gasteiger partial charge in [-0.1, -0.05) is 6.07 Å². The van der Waals surface area contributed by atoms with Crippen LogP contribution in [0.25, 0.3) is 0 Å². The highest BCUT2D eigenvalue weighted by atomic mass is 16.3. The Labute approximate surface area is 75.0 Å². The molecule has 0 aliphatic rings. The molecule has 4 heteroatoms. The molecule has 0 atom stereocenters. The minimum Gasteiger partial charge on any atom is -0.507 e. The third kappa shape index (κ3) is 1.84. The number of hydrogen-bond acceptors (Lipinski definition) is 3. The fourth-order valence-corrected chi connectivity index (χ4v) is 0.959. The predicted molar refractivity (Wildman–Crippen MR) is 46.6 cm³/mol. The van der Waals surface area contributed by atoms with Gasteiger partial charge in [0.2, 0.25) is 0 Å². The van der Waals surface area contributed by atoms with E-state index in [0.29, 0.717) is 5.56 Å². The van der Waals surface area contributed by atoms with Crippen molar-refractivity contribution >= 4 is 11.7 Å². The molecule has 1 rings (SSSR count). The van der Waals surface area contributed by atoms with Gasteiger partial charge in [-0.3, -0.25) is 9.59 Å². The lowest BCUT2D eigenvalue weighted by Crippen LogP contribution is -2.11. The van der Waals surface area contributed by atoms with E-state index in [2.05, 4.69) is 0 Å². The number of nitrogens with two attached hydrogens (primary N) is 1. The Bertz CT molecular complexity index is 371. The van der Waals surface area contributed by atoms with Crippen molar-refractivity contribution < 1.29 is 14.7 Å². The minimum absolute atomic E-state index is 0.0185. The normalized spacial score (nSPS) is 9.62. The molecule has 0 unspecified atom stereocenters. The average molecular weight is 179 g/mol. The summed E-state index contributed by atoms with van der Waals surface area (Å²) < 4.78 is 0. The minimum atomic E-state index is -0.715. The number of rotatable bonds is 2. The van der Waals surface area contributed by atoms with Crippen LogP contribution in [0.15, 0.2) is 18.2 Å². The number of Topliss-reactive ketones (excluding diaryl/α,β-unsaturated/α-hetero) is 1. The van der Waals surface area contributed by atoms with Crippen molar-refractivity contribution in [1.82, 2.24) is 0 Å². The van der Waals surface area contributed by atoms with Gasteiger partial charge in [0.05, 0.1) is 5.56 Å². The standard InChI is InChI=1S/C9H9NO3/c1-5(11)6-2-3-7(9(10)13)8(12)4-6/h2-4,12H,1H3,(H2,10,13). The van der Waals surface area contributed by atoms with Gasteiger partial charge in [-0.2, -0.15) is 0 Å². The number of carbonyl (C=O) groups is 2. The molecule has 0 aliphatic carbocycles. The Kier molecular flexibility index (Phi) is 2.32. The molecule has 1 aromatic rings. The van der Waals surface area contributed by atoms with Crippen molar-refractivity contribution in [1.29, 1.82) is 0 Å². The lowest BCUT2D eigenvalue weighted by molar-refractivity contribution is 0.0990. The largest absolute Gasteiger partial charge is 0.507 e. The van der Waals surface area contributed by atoms with Crippen LogP contribution in [-0.2, 0) is 0 Å². The number of primary amides is 1. The van der Waals surface area contributed by atoms with Gasteiger partial charge in [-0.25, -0.2) is 0 Å². The fourth-order valence-electron chi connectivity index (χ4n) is 0.959. The van der Waals surface area contributed by atoms with Crippen LogP contribution in [0.5, 0.6) is 5.75 Å². The molecular formula is C9H9NO3. The molecule has 3 N–H and O–H groups in total. The molecule has 0 bridgehead atoms. The first kappa shape index (κ1) is 9.25. The van der Waals surface area contributed by atoms with E-state index in [1.807, 2.05) is 0 Å². The van der Waals surface area contributed by atoms with Crippen LogP contribution in [-0.4, -0.2) is 16.8 Å². The highest BCUT2D eigenvalue weighted by Gasteiger charge is 2.09. The second-order valence-corrected chi connectivity index (χ2v) is 2.65. The van der Waals surface area contributed by atoms with Crippen molar-refractivity contribution in [2.24, 2.45) is 5.73 Å². The first-order valence-corrected chi connectivity index (χ1v) is 3.66. The fraction of sp³-hybridized carbons (Fsp3) is 0.111. The molecule has 0 aromatic heterocycles. The Hall–Kier alpha value is -1.84. The van der Waals surface area contributed by atoms with Crippen LogP contribution in [0, 0.1) is 0 Å². The number of ketones is 1. The predicted octanol–water partition coefficient (Wildman–Crippen LogP) is 0.694. The Morgan fingerprint density at radius 2 is 2.00 bits per heavy atom. The summed E-state index contributed by atoms with van der Waals surface area (Å²) in [6, 6.07) is 4.00. The molecule has 1 amide bonds. The molecule has 0 heterocycles. The van der Waals surface area contributed by atoms with E-state index in [4.69, 9.17) is 5.73 Å². The number of hydrogen-bond donors (Lipinski definition) is 2. The first-order valence-electron chi connectivity index (χ1n) is 3.66. The van der Waals surface area contributed by atoms with E-state index in [0.717, 1.165) is 0 Å². The molecule has 4 nitrogen and oxygen atoms in total. The summed E-state index contributed by atoms with van der Waals surface area (Å²) in [6.07, 6.45) is 0. The lowest BCUT2D eigenvalue weighted by atomic mass is 10.1. The number of aromatic hydroxyl groups is 1. The number of amides is 1. The summed E-state index contributed by atoms with van der Waals surface area (Å²) in [4.78, 5) is 21.5. The molecule has 0 radical (unpaired) electrons. The van der Waals surface area contributed by atoms with Crippen LogP contribution >= 0.6 is 0 Å². The average Bonchev–Trinajstić information content (AvgIpc) is 2.03. The zero-order chi connectivity index (χ0) is 10.0. The summed E-state index contributed by atoms with van der Waals surface area (Å²) >= 11 is 0. The van der Waals surface area contributed by atoms with E-state index in [9.17, 15) is 14.7 Å². The highest BCUT2D eigenvalue weighted by Crippen LogP contribution is 2.18. The van der Waals surface area contributed by atoms with Crippen LogP contribution in [0.3, 0.4) is 0 Å². The van der Waals surface area contributed by atoms with Gasteiger partial charge in [-0.05, 0) is 19.1 Å². The van der Waals surface area contributed by atoms with Gasteiger partial charge in [0.1, 0.15) is 5.75 Å². The number of benzene rings is 1. The molecule has 13 heavy (non-hydrogen) atoms. The SMILES string of the molecule is CC(=O)c1ccc(C(N)=O)c(O)c1. The molecule has 1 aromatic carbocycles. The molecule has 0 aliphatic heterocycles.